The van der Waals surface area contributed by atoms with E-state index in [1.54, 1.807) is 6.20 Å². The van der Waals surface area contributed by atoms with Crippen LogP contribution in [0.3, 0.4) is 0 Å². The SMILES string of the molecule is CC(NC(=O)C1(c2ccccc2)CCN(C(=O)c2ccc(-c3ccccc3)nc2)CC1)c1ccccc1. The number of nitrogens with zero attached hydrogens (tertiary/aromatic N) is 2. The average molecular weight is 490 g/mol. The van der Waals surface area contributed by atoms with Gasteiger partial charge in [0.2, 0.25) is 5.91 Å². The maximum absolute atomic E-state index is 13.8. The zero-order valence-corrected chi connectivity index (χ0v) is 21.0. The molecule has 1 N–H and O–H groups in total. The maximum atomic E-state index is 13.8. The summed E-state index contributed by atoms with van der Waals surface area (Å²) in [5.74, 6) is -0.0390. The second kappa shape index (κ2) is 10.8. The number of benzene rings is 3. The van der Waals surface area contributed by atoms with E-state index < -0.39 is 5.41 Å². The van der Waals surface area contributed by atoms with Gasteiger partial charge in [0.05, 0.1) is 22.7 Å². The number of piperidine rings is 1. The number of nitrogens with one attached hydrogen (secondary N) is 1. The van der Waals surface area contributed by atoms with Gasteiger partial charge < -0.3 is 10.2 Å². The van der Waals surface area contributed by atoms with Crippen molar-refractivity contribution in [1.29, 1.82) is 0 Å². The van der Waals surface area contributed by atoms with Crippen molar-refractivity contribution in [2.24, 2.45) is 0 Å². The quantitative estimate of drug-likeness (QED) is 0.372. The Morgan fingerprint density at radius 2 is 1.41 bits per heavy atom. The van der Waals surface area contributed by atoms with Crippen molar-refractivity contribution in [3.05, 3.63) is 126 Å². The fourth-order valence-electron chi connectivity index (χ4n) is 5.14. The molecule has 5 rings (SSSR count). The topological polar surface area (TPSA) is 62.3 Å². The molecule has 2 heterocycles. The number of carbonyl (C=O) groups excluding carboxylic acids is 2. The van der Waals surface area contributed by atoms with Gasteiger partial charge in [0.15, 0.2) is 0 Å². The normalized spacial score (nSPS) is 15.5. The summed E-state index contributed by atoms with van der Waals surface area (Å²) in [5, 5.41) is 3.25. The zero-order valence-electron chi connectivity index (χ0n) is 21.0. The van der Waals surface area contributed by atoms with Crippen LogP contribution >= 0.6 is 0 Å². The van der Waals surface area contributed by atoms with Gasteiger partial charge in [0.1, 0.15) is 0 Å². The van der Waals surface area contributed by atoms with Gasteiger partial charge in [-0.2, -0.15) is 0 Å². The summed E-state index contributed by atoms with van der Waals surface area (Å²) < 4.78 is 0. The molecule has 1 aromatic heterocycles. The van der Waals surface area contributed by atoms with Crippen molar-refractivity contribution in [1.82, 2.24) is 15.2 Å². The highest BCUT2D eigenvalue weighted by Gasteiger charge is 2.44. The Morgan fingerprint density at radius 3 is 2.00 bits per heavy atom. The Bertz CT molecular complexity index is 1330. The van der Waals surface area contributed by atoms with Crippen LogP contribution in [-0.4, -0.2) is 34.8 Å². The monoisotopic (exact) mass is 489 g/mol. The van der Waals surface area contributed by atoms with E-state index in [-0.39, 0.29) is 17.9 Å². The first-order chi connectivity index (χ1) is 18.1. The number of rotatable bonds is 6. The van der Waals surface area contributed by atoms with Crippen LogP contribution in [0.2, 0.25) is 0 Å². The van der Waals surface area contributed by atoms with Crippen molar-refractivity contribution in [3.63, 3.8) is 0 Å². The third-order valence-corrected chi connectivity index (χ3v) is 7.39. The average Bonchev–Trinajstić information content (AvgIpc) is 2.98. The van der Waals surface area contributed by atoms with Gasteiger partial charge in [-0.1, -0.05) is 91.0 Å². The third-order valence-electron chi connectivity index (χ3n) is 7.39. The molecule has 0 bridgehead atoms. The molecule has 1 atom stereocenters. The minimum absolute atomic E-state index is 0.0102. The van der Waals surface area contributed by atoms with Gasteiger partial charge in [-0.25, -0.2) is 0 Å². The van der Waals surface area contributed by atoms with Crippen LogP contribution in [0.5, 0.6) is 0 Å². The van der Waals surface area contributed by atoms with E-state index in [0.29, 0.717) is 31.5 Å². The summed E-state index contributed by atoms with van der Waals surface area (Å²) in [6.07, 6.45) is 2.77. The summed E-state index contributed by atoms with van der Waals surface area (Å²) >= 11 is 0. The smallest absolute Gasteiger partial charge is 0.255 e. The number of pyridine rings is 1. The molecule has 2 amide bonds. The molecule has 0 radical (unpaired) electrons. The molecular weight excluding hydrogens is 458 g/mol. The zero-order chi connectivity index (χ0) is 25.7. The Balaban J connectivity index is 1.32. The molecule has 1 fully saturated rings. The van der Waals surface area contributed by atoms with E-state index in [9.17, 15) is 9.59 Å². The molecule has 0 spiro atoms. The highest BCUT2D eigenvalue weighted by Crippen LogP contribution is 2.37. The summed E-state index contributed by atoms with van der Waals surface area (Å²) in [6.45, 7) is 3.01. The van der Waals surface area contributed by atoms with Crippen LogP contribution in [0.25, 0.3) is 11.3 Å². The molecule has 3 aromatic carbocycles. The van der Waals surface area contributed by atoms with E-state index in [1.165, 1.54) is 0 Å². The Labute approximate surface area is 218 Å². The fourth-order valence-corrected chi connectivity index (χ4v) is 5.14. The van der Waals surface area contributed by atoms with Crippen LogP contribution in [-0.2, 0) is 10.2 Å². The summed E-state index contributed by atoms with van der Waals surface area (Å²) in [5.41, 5.74) is 3.79. The predicted molar refractivity (Wildman–Crippen MR) is 146 cm³/mol. The molecule has 5 nitrogen and oxygen atoms in total. The van der Waals surface area contributed by atoms with Crippen molar-refractivity contribution >= 4 is 11.8 Å². The number of carbonyl (C=O) groups is 2. The first-order valence-electron chi connectivity index (χ1n) is 12.8. The van der Waals surface area contributed by atoms with Crippen LogP contribution < -0.4 is 5.32 Å². The highest BCUT2D eigenvalue weighted by molar-refractivity contribution is 5.95. The minimum atomic E-state index is -0.684. The number of amides is 2. The largest absolute Gasteiger partial charge is 0.349 e. The summed E-state index contributed by atoms with van der Waals surface area (Å²) in [7, 11) is 0. The van der Waals surface area contributed by atoms with E-state index in [2.05, 4.69) is 10.3 Å². The number of aromatic nitrogens is 1. The molecule has 1 aliphatic heterocycles. The van der Waals surface area contributed by atoms with E-state index in [0.717, 1.165) is 22.4 Å². The van der Waals surface area contributed by atoms with Gasteiger partial charge in [-0.15, -0.1) is 0 Å². The predicted octanol–water partition coefficient (Wildman–Crippen LogP) is 5.80. The van der Waals surface area contributed by atoms with Crippen molar-refractivity contribution in [2.45, 2.75) is 31.2 Å². The lowest BCUT2D eigenvalue weighted by molar-refractivity contribution is -0.129. The first kappa shape index (κ1) is 24.4. The summed E-state index contributed by atoms with van der Waals surface area (Å²) in [4.78, 5) is 33.5. The Morgan fingerprint density at radius 1 is 0.811 bits per heavy atom. The van der Waals surface area contributed by atoms with Gasteiger partial charge in [-0.05, 0) is 43.0 Å². The van der Waals surface area contributed by atoms with Crippen LogP contribution in [0.15, 0.2) is 109 Å². The van der Waals surface area contributed by atoms with Gasteiger partial charge in [0.25, 0.3) is 5.91 Å². The first-order valence-corrected chi connectivity index (χ1v) is 12.8. The van der Waals surface area contributed by atoms with Crippen LogP contribution in [0.1, 0.15) is 47.3 Å². The van der Waals surface area contributed by atoms with Gasteiger partial charge in [-0.3, -0.25) is 14.6 Å². The Hall–Kier alpha value is -4.25. The second-order valence-corrected chi connectivity index (χ2v) is 9.64. The highest BCUT2D eigenvalue weighted by atomic mass is 16.2. The van der Waals surface area contributed by atoms with Crippen molar-refractivity contribution in [3.8, 4) is 11.3 Å². The maximum Gasteiger partial charge on any atom is 0.255 e. The van der Waals surface area contributed by atoms with Gasteiger partial charge >= 0.3 is 0 Å². The van der Waals surface area contributed by atoms with Gasteiger partial charge in [0, 0.05) is 24.8 Å². The molecule has 37 heavy (non-hydrogen) atoms. The molecule has 1 aliphatic rings. The lowest BCUT2D eigenvalue weighted by atomic mass is 9.71. The van der Waals surface area contributed by atoms with E-state index >= 15 is 0 Å². The lowest BCUT2D eigenvalue weighted by Crippen LogP contribution is -2.53. The lowest BCUT2D eigenvalue weighted by Gasteiger charge is -2.41. The molecule has 5 heteroatoms. The molecule has 0 aliphatic carbocycles. The van der Waals surface area contributed by atoms with Crippen molar-refractivity contribution < 1.29 is 9.59 Å². The number of hydrogen-bond donors (Lipinski definition) is 1. The van der Waals surface area contributed by atoms with Crippen molar-refractivity contribution in [2.75, 3.05) is 13.1 Å². The molecule has 186 valence electrons. The fraction of sp³-hybridized carbons (Fsp3) is 0.219. The second-order valence-electron chi connectivity index (χ2n) is 9.64. The molecular formula is C32H31N3O2. The summed E-state index contributed by atoms with van der Waals surface area (Å²) in [6, 6.07) is 33.5. The van der Waals surface area contributed by atoms with Crippen LogP contribution in [0, 0.1) is 0 Å². The molecule has 4 aromatic rings. The molecule has 1 saturated heterocycles. The number of hydrogen-bond acceptors (Lipinski definition) is 3. The van der Waals surface area contributed by atoms with Crippen LogP contribution in [0.4, 0.5) is 0 Å². The Kier molecular flexibility index (Phi) is 7.13. The molecule has 0 saturated carbocycles. The third kappa shape index (κ3) is 5.17. The van der Waals surface area contributed by atoms with E-state index in [1.807, 2.05) is 115 Å². The minimum Gasteiger partial charge on any atom is -0.349 e. The molecule has 1 unspecified atom stereocenters. The standard InChI is InChI=1S/C32H31N3O2/c1-24(25-11-5-2-6-12-25)34-31(37)32(28-15-9-4-10-16-28)19-21-35(22-20-32)30(36)27-17-18-29(33-23-27)26-13-7-3-8-14-26/h2-18,23-24H,19-22H2,1H3,(H,34,37). The van der Waals surface area contributed by atoms with E-state index in [4.69, 9.17) is 0 Å². The number of likely N-dealkylation sites (tertiary alicyclic amines) is 1.